The van der Waals surface area contributed by atoms with E-state index in [0.29, 0.717) is 0 Å². The molecular weight excluding hydrogens is 358 g/mol. The average Bonchev–Trinajstić information content (AvgIpc) is 2.72. The fourth-order valence-corrected chi connectivity index (χ4v) is 3.26. The molecule has 4 nitrogen and oxygen atoms in total. The molecule has 0 radical (unpaired) electrons. The highest BCUT2D eigenvalue weighted by Crippen LogP contribution is 2.25. The SMILES string of the molecule is CCCCCCCCOc1ccc(-c2ccc(N=C(N(C)C)N(C)C)cc2)cc1. The van der Waals surface area contributed by atoms with Crippen molar-refractivity contribution in [2.75, 3.05) is 34.8 Å². The summed E-state index contributed by atoms with van der Waals surface area (Å²) in [6, 6.07) is 16.7. The maximum absolute atomic E-state index is 5.88. The summed E-state index contributed by atoms with van der Waals surface area (Å²) in [6.07, 6.45) is 7.71. The third-order valence-electron chi connectivity index (χ3n) is 4.85. The maximum Gasteiger partial charge on any atom is 0.200 e. The molecule has 2 rings (SSSR count). The van der Waals surface area contributed by atoms with E-state index in [2.05, 4.69) is 55.5 Å². The van der Waals surface area contributed by atoms with E-state index in [1.165, 1.54) is 43.2 Å². The Morgan fingerprint density at radius 2 is 1.24 bits per heavy atom. The monoisotopic (exact) mass is 395 g/mol. The van der Waals surface area contributed by atoms with Gasteiger partial charge in [0.1, 0.15) is 5.75 Å². The molecular formula is C25H37N3O. The predicted octanol–water partition coefficient (Wildman–Crippen LogP) is 6.20. The molecule has 0 aliphatic carbocycles. The Morgan fingerprint density at radius 1 is 0.724 bits per heavy atom. The van der Waals surface area contributed by atoms with Gasteiger partial charge in [-0.1, -0.05) is 63.3 Å². The van der Waals surface area contributed by atoms with Crippen LogP contribution < -0.4 is 4.74 Å². The van der Waals surface area contributed by atoms with Crippen molar-refractivity contribution in [3.05, 3.63) is 48.5 Å². The van der Waals surface area contributed by atoms with Crippen LogP contribution in [0.25, 0.3) is 11.1 Å². The zero-order chi connectivity index (χ0) is 21.1. The molecule has 0 aliphatic rings. The third-order valence-corrected chi connectivity index (χ3v) is 4.85. The summed E-state index contributed by atoms with van der Waals surface area (Å²) in [5.41, 5.74) is 3.32. The summed E-state index contributed by atoms with van der Waals surface area (Å²) in [5.74, 6) is 1.87. The number of guanidine groups is 1. The van der Waals surface area contributed by atoms with E-state index < -0.39 is 0 Å². The molecule has 29 heavy (non-hydrogen) atoms. The molecule has 0 fully saturated rings. The topological polar surface area (TPSA) is 28.1 Å². The Bertz CT molecular complexity index is 724. The molecule has 0 saturated carbocycles. The molecule has 0 amide bonds. The van der Waals surface area contributed by atoms with Crippen molar-refractivity contribution in [3.8, 4) is 16.9 Å². The third kappa shape index (κ3) is 7.80. The summed E-state index contributed by atoms with van der Waals surface area (Å²) in [6.45, 7) is 3.06. The van der Waals surface area contributed by atoms with Crippen molar-refractivity contribution in [2.45, 2.75) is 45.4 Å². The van der Waals surface area contributed by atoms with Crippen molar-refractivity contribution in [2.24, 2.45) is 4.99 Å². The number of ether oxygens (including phenoxy) is 1. The van der Waals surface area contributed by atoms with E-state index >= 15 is 0 Å². The standard InChI is InChI=1S/C25H37N3O/c1-6-7-8-9-10-11-20-29-24-18-14-22(15-19-24)21-12-16-23(17-13-21)26-25(27(2)3)28(4)5/h12-19H,6-11,20H2,1-5H3. The summed E-state index contributed by atoms with van der Waals surface area (Å²) >= 11 is 0. The molecule has 0 atom stereocenters. The van der Waals surface area contributed by atoms with Crippen LogP contribution in [0.5, 0.6) is 5.75 Å². The van der Waals surface area contributed by atoms with Gasteiger partial charge in [-0.3, -0.25) is 0 Å². The van der Waals surface area contributed by atoms with Crippen LogP contribution in [0, 0.1) is 0 Å². The van der Waals surface area contributed by atoms with Crippen LogP contribution in [0.4, 0.5) is 5.69 Å². The zero-order valence-electron chi connectivity index (χ0n) is 18.8. The Kier molecular flexibility index (Phi) is 9.55. The normalized spacial score (nSPS) is 10.5. The van der Waals surface area contributed by atoms with Gasteiger partial charge in [0.25, 0.3) is 0 Å². The van der Waals surface area contributed by atoms with Crippen LogP contribution in [0.1, 0.15) is 45.4 Å². The zero-order valence-corrected chi connectivity index (χ0v) is 18.8. The van der Waals surface area contributed by atoms with Crippen LogP contribution in [-0.4, -0.2) is 50.6 Å². The first kappa shape index (κ1) is 22.8. The predicted molar refractivity (Wildman–Crippen MR) is 125 cm³/mol. The molecule has 0 heterocycles. The van der Waals surface area contributed by atoms with Crippen molar-refractivity contribution in [1.82, 2.24) is 9.80 Å². The van der Waals surface area contributed by atoms with E-state index in [1.807, 2.05) is 38.0 Å². The molecule has 0 bridgehead atoms. The molecule has 2 aromatic carbocycles. The lowest BCUT2D eigenvalue weighted by molar-refractivity contribution is 0.304. The molecule has 0 spiro atoms. The van der Waals surface area contributed by atoms with Gasteiger partial charge in [-0.05, 0) is 41.8 Å². The number of benzene rings is 2. The van der Waals surface area contributed by atoms with Gasteiger partial charge < -0.3 is 14.5 Å². The number of hydrogen-bond acceptors (Lipinski definition) is 2. The Hall–Kier alpha value is -2.49. The Balaban J connectivity index is 1.89. The largest absolute Gasteiger partial charge is 0.494 e. The number of nitrogens with zero attached hydrogens (tertiary/aromatic N) is 3. The van der Waals surface area contributed by atoms with E-state index in [9.17, 15) is 0 Å². The minimum atomic E-state index is 0.804. The molecule has 0 aromatic heterocycles. The molecule has 0 aliphatic heterocycles. The average molecular weight is 396 g/mol. The molecule has 0 N–H and O–H groups in total. The highest BCUT2D eigenvalue weighted by Gasteiger charge is 2.05. The van der Waals surface area contributed by atoms with Gasteiger partial charge in [0.05, 0.1) is 12.3 Å². The summed E-state index contributed by atoms with van der Waals surface area (Å²) in [7, 11) is 8.01. The summed E-state index contributed by atoms with van der Waals surface area (Å²) in [4.78, 5) is 8.74. The first-order chi connectivity index (χ1) is 14.0. The Labute approximate surface area is 177 Å². The van der Waals surface area contributed by atoms with Crippen molar-refractivity contribution in [1.29, 1.82) is 0 Å². The molecule has 2 aromatic rings. The van der Waals surface area contributed by atoms with Crippen molar-refractivity contribution < 1.29 is 4.74 Å². The number of unbranched alkanes of at least 4 members (excludes halogenated alkanes) is 5. The van der Waals surface area contributed by atoms with Crippen LogP contribution in [0.15, 0.2) is 53.5 Å². The summed E-state index contributed by atoms with van der Waals surface area (Å²) < 4.78 is 5.88. The van der Waals surface area contributed by atoms with Gasteiger partial charge in [0.2, 0.25) is 5.96 Å². The van der Waals surface area contributed by atoms with Gasteiger partial charge in [-0.25, -0.2) is 4.99 Å². The van der Waals surface area contributed by atoms with Gasteiger partial charge in [-0.2, -0.15) is 0 Å². The first-order valence-electron chi connectivity index (χ1n) is 10.8. The van der Waals surface area contributed by atoms with E-state index in [1.54, 1.807) is 0 Å². The highest BCUT2D eigenvalue weighted by molar-refractivity contribution is 5.82. The summed E-state index contributed by atoms with van der Waals surface area (Å²) in [5, 5.41) is 0. The fraction of sp³-hybridized carbons (Fsp3) is 0.480. The second-order valence-electron chi connectivity index (χ2n) is 7.89. The lowest BCUT2D eigenvalue weighted by atomic mass is 10.1. The van der Waals surface area contributed by atoms with E-state index in [0.717, 1.165) is 30.4 Å². The smallest absolute Gasteiger partial charge is 0.200 e. The van der Waals surface area contributed by atoms with Crippen LogP contribution in [0.2, 0.25) is 0 Å². The lowest BCUT2D eigenvalue weighted by Crippen LogP contribution is -2.35. The van der Waals surface area contributed by atoms with Gasteiger partial charge in [0.15, 0.2) is 0 Å². The van der Waals surface area contributed by atoms with E-state index in [4.69, 9.17) is 9.73 Å². The molecule has 0 saturated heterocycles. The number of aliphatic imine (C=N–C) groups is 1. The van der Waals surface area contributed by atoms with Crippen LogP contribution in [-0.2, 0) is 0 Å². The fourth-order valence-electron chi connectivity index (χ4n) is 3.26. The number of hydrogen-bond donors (Lipinski definition) is 0. The minimum absolute atomic E-state index is 0.804. The molecule has 4 heteroatoms. The van der Waals surface area contributed by atoms with Crippen molar-refractivity contribution in [3.63, 3.8) is 0 Å². The van der Waals surface area contributed by atoms with Gasteiger partial charge in [0, 0.05) is 28.2 Å². The highest BCUT2D eigenvalue weighted by atomic mass is 16.5. The van der Waals surface area contributed by atoms with Crippen LogP contribution in [0.3, 0.4) is 0 Å². The van der Waals surface area contributed by atoms with E-state index in [-0.39, 0.29) is 0 Å². The minimum Gasteiger partial charge on any atom is -0.494 e. The van der Waals surface area contributed by atoms with Gasteiger partial charge >= 0.3 is 0 Å². The molecule has 0 unspecified atom stereocenters. The quantitative estimate of drug-likeness (QED) is 0.272. The Morgan fingerprint density at radius 3 is 1.79 bits per heavy atom. The second kappa shape index (κ2) is 12.2. The second-order valence-corrected chi connectivity index (χ2v) is 7.89. The lowest BCUT2D eigenvalue weighted by Gasteiger charge is -2.22. The van der Waals surface area contributed by atoms with Gasteiger partial charge in [-0.15, -0.1) is 0 Å². The number of rotatable bonds is 10. The van der Waals surface area contributed by atoms with Crippen LogP contribution >= 0.6 is 0 Å². The first-order valence-corrected chi connectivity index (χ1v) is 10.8. The maximum atomic E-state index is 5.88. The molecule has 158 valence electrons. The van der Waals surface area contributed by atoms with Crippen molar-refractivity contribution >= 4 is 11.6 Å².